The van der Waals surface area contributed by atoms with Crippen molar-refractivity contribution in [1.82, 2.24) is 0 Å². The molecule has 6 saturated carbocycles. The summed E-state index contributed by atoms with van der Waals surface area (Å²) in [5, 5.41) is 0. The second-order valence-corrected chi connectivity index (χ2v) is 16.9. The SMILES string of the molecule is CC1(C)c2ccccc2-c2ccc(N(c3ccc(C4CC5CCC4C5)cc3)c3ccc(C45CC6CC(CC(C6)C4)C5)cc3)cc21. The van der Waals surface area contributed by atoms with Gasteiger partial charge in [0.2, 0.25) is 0 Å². The molecular weight excluding hydrogens is 542 g/mol. The molecule has 3 unspecified atom stereocenters. The van der Waals surface area contributed by atoms with Gasteiger partial charge in [0.25, 0.3) is 0 Å². The van der Waals surface area contributed by atoms with Crippen molar-refractivity contribution in [3.63, 3.8) is 0 Å². The van der Waals surface area contributed by atoms with Crippen molar-refractivity contribution in [3.8, 4) is 11.1 Å². The van der Waals surface area contributed by atoms with Gasteiger partial charge in [-0.2, -0.15) is 0 Å². The fourth-order valence-electron chi connectivity index (χ4n) is 12.2. The molecular formula is C44H47N. The van der Waals surface area contributed by atoms with E-state index in [1.165, 1.54) is 104 Å². The Kier molecular flexibility index (Phi) is 5.73. The second-order valence-electron chi connectivity index (χ2n) is 16.9. The Balaban J connectivity index is 1.04. The van der Waals surface area contributed by atoms with Gasteiger partial charge in [0.15, 0.2) is 0 Å². The fourth-order valence-corrected chi connectivity index (χ4v) is 12.2. The van der Waals surface area contributed by atoms with Crippen molar-refractivity contribution >= 4 is 17.1 Å². The van der Waals surface area contributed by atoms with E-state index < -0.39 is 0 Å². The third kappa shape index (κ3) is 4.04. The second kappa shape index (κ2) is 9.60. The molecule has 4 aromatic carbocycles. The van der Waals surface area contributed by atoms with E-state index >= 15 is 0 Å². The summed E-state index contributed by atoms with van der Waals surface area (Å²) < 4.78 is 0. The van der Waals surface area contributed by atoms with Crippen molar-refractivity contribution in [3.05, 3.63) is 113 Å². The molecule has 6 fully saturated rings. The van der Waals surface area contributed by atoms with Crippen molar-refractivity contribution in [2.45, 2.75) is 94.8 Å². The van der Waals surface area contributed by atoms with Crippen LogP contribution in [0.3, 0.4) is 0 Å². The van der Waals surface area contributed by atoms with Crippen LogP contribution >= 0.6 is 0 Å². The Morgan fingerprint density at radius 2 is 1.18 bits per heavy atom. The first-order valence-corrected chi connectivity index (χ1v) is 18.2. The first kappa shape index (κ1) is 26.9. The summed E-state index contributed by atoms with van der Waals surface area (Å²) in [6.07, 6.45) is 14.5. The summed E-state index contributed by atoms with van der Waals surface area (Å²) >= 11 is 0. The van der Waals surface area contributed by atoms with E-state index in [1.54, 1.807) is 11.1 Å². The van der Waals surface area contributed by atoms with E-state index in [-0.39, 0.29) is 5.41 Å². The van der Waals surface area contributed by atoms with Gasteiger partial charge in [-0.25, -0.2) is 0 Å². The van der Waals surface area contributed by atoms with Crippen LogP contribution in [-0.4, -0.2) is 0 Å². The highest BCUT2D eigenvalue weighted by molar-refractivity contribution is 5.85. The van der Waals surface area contributed by atoms with Gasteiger partial charge < -0.3 is 4.90 Å². The molecule has 0 amide bonds. The van der Waals surface area contributed by atoms with Gasteiger partial charge >= 0.3 is 0 Å². The summed E-state index contributed by atoms with van der Waals surface area (Å²) in [5.74, 6) is 5.57. The van der Waals surface area contributed by atoms with Crippen LogP contribution in [-0.2, 0) is 10.8 Å². The lowest BCUT2D eigenvalue weighted by molar-refractivity contribution is -0.00518. The fraction of sp³-hybridized carbons (Fsp3) is 0.455. The predicted molar refractivity (Wildman–Crippen MR) is 187 cm³/mol. The average Bonchev–Trinajstić information content (AvgIpc) is 3.75. The van der Waals surface area contributed by atoms with Crippen LogP contribution in [0.25, 0.3) is 11.1 Å². The third-order valence-corrected chi connectivity index (χ3v) is 13.9. The Morgan fingerprint density at radius 3 is 1.82 bits per heavy atom. The van der Waals surface area contributed by atoms with E-state index in [1.807, 2.05) is 0 Å². The Morgan fingerprint density at radius 1 is 0.556 bits per heavy atom. The van der Waals surface area contributed by atoms with Crippen LogP contribution < -0.4 is 4.90 Å². The van der Waals surface area contributed by atoms with E-state index in [2.05, 4.69) is 110 Å². The smallest absolute Gasteiger partial charge is 0.0465 e. The van der Waals surface area contributed by atoms with Crippen molar-refractivity contribution in [1.29, 1.82) is 0 Å². The molecule has 3 atom stereocenters. The van der Waals surface area contributed by atoms with Gasteiger partial charge in [0.1, 0.15) is 0 Å². The van der Waals surface area contributed by atoms with E-state index in [0.29, 0.717) is 5.41 Å². The van der Waals surface area contributed by atoms with Gasteiger partial charge in [0, 0.05) is 22.5 Å². The largest absolute Gasteiger partial charge is 0.310 e. The quantitative estimate of drug-likeness (QED) is 0.224. The molecule has 45 heavy (non-hydrogen) atoms. The maximum Gasteiger partial charge on any atom is 0.0465 e. The molecule has 0 heterocycles. The lowest BCUT2D eigenvalue weighted by atomic mass is 9.48. The normalized spacial score (nSPS) is 32.9. The molecule has 7 aliphatic rings. The van der Waals surface area contributed by atoms with Crippen LogP contribution in [0, 0.1) is 29.6 Å². The molecule has 1 heteroatoms. The zero-order chi connectivity index (χ0) is 29.9. The van der Waals surface area contributed by atoms with Crippen LogP contribution in [0.15, 0.2) is 91.0 Å². The molecule has 11 rings (SSSR count). The minimum Gasteiger partial charge on any atom is -0.310 e. The Labute approximate surface area is 270 Å². The molecule has 228 valence electrons. The highest BCUT2D eigenvalue weighted by Gasteiger charge is 2.51. The van der Waals surface area contributed by atoms with Crippen LogP contribution in [0.1, 0.15) is 106 Å². The predicted octanol–water partition coefficient (Wildman–Crippen LogP) is 11.8. The lowest BCUT2D eigenvalue weighted by Gasteiger charge is -2.57. The zero-order valence-corrected chi connectivity index (χ0v) is 27.1. The van der Waals surface area contributed by atoms with Crippen molar-refractivity contribution in [2.24, 2.45) is 29.6 Å². The summed E-state index contributed by atoms with van der Waals surface area (Å²) in [5.41, 5.74) is 13.1. The molecule has 0 aromatic heterocycles. The van der Waals surface area contributed by atoms with E-state index in [9.17, 15) is 0 Å². The molecule has 0 N–H and O–H groups in total. The minimum atomic E-state index is -0.0123. The number of hydrogen-bond donors (Lipinski definition) is 0. The molecule has 0 spiro atoms. The molecule has 1 nitrogen and oxygen atoms in total. The molecule has 0 aliphatic heterocycles. The minimum absolute atomic E-state index is 0.0123. The monoisotopic (exact) mass is 589 g/mol. The van der Waals surface area contributed by atoms with Gasteiger partial charge in [-0.3, -0.25) is 0 Å². The maximum absolute atomic E-state index is 2.54. The Hall–Kier alpha value is -3.32. The van der Waals surface area contributed by atoms with Gasteiger partial charge in [-0.05, 0) is 168 Å². The van der Waals surface area contributed by atoms with Crippen molar-refractivity contribution < 1.29 is 0 Å². The third-order valence-electron chi connectivity index (χ3n) is 13.9. The summed E-state index contributed by atoms with van der Waals surface area (Å²) in [6.45, 7) is 4.80. The highest BCUT2D eigenvalue weighted by Crippen LogP contribution is 2.61. The standard InChI is InChI=1S/C44H47N/c1-43(2)41-6-4-3-5-38(41)39-18-17-37(24-42(39)43)45(35-13-9-32(10-14-35)40-23-28-7-8-33(40)22-28)36-15-11-34(12-16-36)44-25-29-19-30(26-44)21-31(20-29)27-44/h3-6,9-18,24,28-31,33,40H,7-8,19-23,25-27H2,1-2H3. The Bertz CT molecular complexity index is 1740. The highest BCUT2D eigenvalue weighted by atomic mass is 15.1. The maximum atomic E-state index is 2.54. The first-order valence-electron chi connectivity index (χ1n) is 18.2. The van der Waals surface area contributed by atoms with Crippen LogP contribution in [0.5, 0.6) is 0 Å². The number of hydrogen-bond acceptors (Lipinski definition) is 1. The number of nitrogens with zero attached hydrogens (tertiary/aromatic N) is 1. The van der Waals surface area contributed by atoms with Crippen LogP contribution in [0.4, 0.5) is 17.1 Å². The number of rotatable bonds is 5. The van der Waals surface area contributed by atoms with E-state index in [4.69, 9.17) is 0 Å². The van der Waals surface area contributed by atoms with Gasteiger partial charge in [-0.1, -0.05) is 74.9 Å². The molecule has 0 radical (unpaired) electrons. The topological polar surface area (TPSA) is 3.24 Å². The summed E-state index contributed by atoms with van der Waals surface area (Å²) in [7, 11) is 0. The number of benzene rings is 4. The molecule has 6 bridgehead atoms. The molecule has 0 saturated heterocycles. The van der Waals surface area contributed by atoms with Crippen LogP contribution in [0.2, 0.25) is 0 Å². The summed E-state index contributed by atoms with van der Waals surface area (Å²) in [4.78, 5) is 2.54. The number of fused-ring (bicyclic) bond motifs is 5. The zero-order valence-electron chi connectivity index (χ0n) is 27.1. The summed E-state index contributed by atoms with van der Waals surface area (Å²) in [6, 6.07) is 36.0. The first-order chi connectivity index (χ1) is 21.9. The average molecular weight is 590 g/mol. The van der Waals surface area contributed by atoms with Crippen molar-refractivity contribution in [2.75, 3.05) is 4.90 Å². The van der Waals surface area contributed by atoms with Gasteiger partial charge in [-0.15, -0.1) is 0 Å². The van der Waals surface area contributed by atoms with Gasteiger partial charge in [0.05, 0.1) is 0 Å². The molecule has 7 aliphatic carbocycles. The van der Waals surface area contributed by atoms with E-state index in [0.717, 1.165) is 35.5 Å². The lowest BCUT2D eigenvalue weighted by Crippen LogP contribution is -2.48. The molecule has 4 aromatic rings. The number of anilines is 3.